The largest absolute Gasteiger partial charge is 0.364 e. The summed E-state index contributed by atoms with van der Waals surface area (Å²) in [5, 5.41) is 4.69. The minimum absolute atomic E-state index is 0.00509. The van der Waals surface area contributed by atoms with Crippen LogP contribution in [0.5, 0.6) is 0 Å². The van der Waals surface area contributed by atoms with Crippen LogP contribution < -0.4 is 16.1 Å². The van der Waals surface area contributed by atoms with Gasteiger partial charge in [-0.1, -0.05) is 0 Å². The fourth-order valence-electron chi connectivity index (χ4n) is 1.09. The average molecular weight is 223 g/mol. The van der Waals surface area contributed by atoms with Crippen LogP contribution >= 0.6 is 0 Å². The van der Waals surface area contributed by atoms with Crippen molar-refractivity contribution >= 4 is 11.8 Å². The minimum atomic E-state index is -0.565. The number of carbonyl (C=O) groups excluding carboxylic acids is 2. The molecule has 3 N–H and O–H groups in total. The maximum Gasteiger partial charge on any atom is 0.257 e. The molecule has 6 heteroatoms. The fraction of sp³-hybridized carbons (Fsp3) is 0.300. The second-order valence-corrected chi connectivity index (χ2v) is 3.25. The predicted octanol–water partition coefficient (Wildman–Crippen LogP) is -0.841. The summed E-state index contributed by atoms with van der Waals surface area (Å²) < 4.78 is 0. The van der Waals surface area contributed by atoms with E-state index in [2.05, 4.69) is 15.6 Å². The number of hydrogen-bond acceptors (Lipinski definition) is 3. The highest BCUT2D eigenvalue weighted by atomic mass is 16.2. The molecule has 0 aliphatic carbocycles. The number of rotatable bonds is 3. The number of amides is 2. The standard InChI is InChI=1S/C10H13N3O3/c1-6-3-8(14)7(4-12-6)10(16)13-5-9(15)11-2/h3-4H,5H2,1-2H3,(H,11,15)(H,12,14)(H,13,16). The lowest BCUT2D eigenvalue weighted by Crippen LogP contribution is -2.37. The van der Waals surface area contributed by atoms with Gasteiger partial charge in [-0.3, -0.25) is 14.4 Å². The van der Waals surface area contributed by atoms with Gasteiger partial charge in [-0.15, -0.1) is 0 Å². The van der Waals surface area contributed by atoms with Crippen molar-refractivity contribution in [1.29, 1.82) is 0 Å². The van der Waals surface area contributed by atoms with E-state index in [0.29, 0.717) is 5.69 Å². The molecule has 0 saturated carbocycles. The first-order valence-corrected chi connectivity index (χ1v) is 4.72. The van der Waals surface area contributed by atoms with Gasteiger partial charge in [0.05, 0.1) is 6.54 Å². The molecule has 1 aromatic rings. The molecule has 86 valence electrons. The Bertz CT molecular complexity index is 465. The van der Waals surface area contributed by atoms with E-state index in [-0.39, 0.29) is 23.4 Å². The molecule has 0 bridgehead atoms. The molecular formula is C10H13N3O3. The molecule has 0 saturated heterocycles. The summed E-state index contributed by atoms with van der Waals surface area (Å²) in [6.45, 7) is 1.57. The molecule has 16 heavy (non-hydrogen) atoms. The fourth-order valence-corrected chi connectivity index (χ4v) is 1.09. The van der Waals surface area contributed by atoms with E-state index in [1.54, 1.807) is 6.92 Å². The summed E-state index contributed by atoms with van der Waals surface area (Å²) in [6.07, 6.45) is 1.33. The molecule has 0 aromatic carbocycles. The van der Waals surface area contributed by atoms with Crippen molar-refractivity contribution < 1.29 is 9.59 Å². The lowest BCUT2D eigenvalue weighted by Gasteiger charge is -2.03. The second-order valence-electron chi connectivity index (χ2n) is 3.25. The highest BCUT2D eigenvalue weighted by Gasteiger charge is 2.10. The predicted molar refractivity (Wildman–Crippen MR) is 58.2 cm³/mol. The van der Waals surface area contributed by atoms with Crippen molar-refractivity contribution in [2.45, 2.75) is 6.92 Å². The monoisotopic (exact) mass is 223 g/mol. The van der Waals surface area contributed by atoms with Gasteiger partial charge in [0.1, 0.15) is 5.56 Å². The number of aromatic amines is 1. The van der Waals surface area contributed by atoms with Crippen LogP contribution in [0.25, 0.3) is 0 Å². The van der Waals surface area contributed by atoms with Crippen LogP contribution in [-0.2, 0) is 4.79 Å². The van der Waals surface area contributed by atoms with Gasteiger partial charge < -0.3 is 15.6 Å². The van der Waals surface area contributed by atoms with Crippen LogP contribution in [-0.4, -0.2) is 30.4 Å². The van der Waals surface area contributed by atoms with E-state index >= 15 is 0 Å². The van der Waals surface area contributed by atoms with Gasteiger partial charge in [0, 0.05) is 25.0 Å². The molecule has 0 radical (unpaired) electrons. The first-order valence-electron chi connectivity index (χ1n) is 4.72. The summed E-state index contributed by atoms with van der Waals surface area (Å²) in [4.78, 5) is 36.5. The van der Waals surface area contributed by atoms with Gasteiger partial charge in [0.15, 0.2) is 5.43 Å². The molecule has 0 fully saturated rings. The van der Waals surface area contributed by atoms with Gasteiger partial charge in [0.2, 0.25) is 5.91 Å². The van der Waals surface area contributed by atoms with Crippen LogP contribution in [0.2, 0.25) is 0 Å². The summed E-state index contributed by atoms with van der Waals surface area (Å²) in [7, 11) is 1.47. The molecule has 0 unspecified atom stereocenters. The van der Waals surface area contributed by atoms with Gasteiger partial charge in [-0.2, -0.15) is 0 Å². The second kappa shape index (κ2) is 5.11. The molecule has 0 spiro atoms. The Morgan fingerprint density at radius 1 is 1.44 bits per heavy atom. The van der Waals surface area contributed by atoms with Crippen LogP contribution in [0.4, 0.5) is 0 Å². The number of likely N-dealkylation sites (N-methyl/N-ethyl adjacent to an activating group) is 1. The Morgan fingerprint density at radius 2 is 2.12 bits per heavy atom. The Hall–Kier alpha value is -2.11. The zero-order valence-corrected chi connectivity index (χ0v) is 9.09. The van der Waals surface area contributed by atoms with E-state index < -0.39 is 5.91 Å². The summed E-state index contributed by atoms with van der Waals surface area (Å²) >= 11 is 0. The van der Waals surface area contributed by atoms with E-state index in [1.165, 1.54) is 19.3 Å². The van der Waals surface area contributed by atoms with Gasteiger partial charge in [-0.05, 0) is 6.92 Å². The molecule has 1 aromatic heterocycles. The summed E-state index contributed by atoms with van der Waals surface area (Å²) in [5.74, 6) is -0.887. The number of pyridine rings is 1. The van der Waals surface area contributed by atoms with Crippen molar-refractivity contribution in [2.75, 3.05) is 13.6 Å². The maximum absolute atomic E-state index is 11.5. The van der Waals surface area contributed by atoms with Crippen molar-refractivity contribution in [3.05, 3.63) is 33.7 Å². The Morgan fingerprint density at radius 3 is 2.69 bits per heavy atom. The third-order valence-electron chi connectivity index (χ3n) is 1.99. The van der Waals surface area contributed by atoms with Crippen molar-refractivity contribution in [2.24, 2.45) is 0 Å². The summed E-state index contributed by atoms with van der Waals surface area (Å²) in [6, 6.07) is 1.33. The molecule has 2 amide bonds. The number of aromatic nitrogens is 1. The normalized spacial score (nSPS) is 9.62. The third kappa shape index (κ3) is 2.94. The molecule has 0 aliphatic rings. The number of aryl methyl sites for hydroxylation is 1. The van der Waals surface area contributed by atoms with Gasteiger partial charge >= 0.3 is 0 Å². The zero-order chi connectivity index (χ0) is 12.1. The van der Waals surface area contributed by atoms with Gasteiger partial charge in [0.25, 0.3) is 5.91 Å². The highest BCUT2D eigenvalue weighted by molar-refractivity contribution is 5.96. The smallest absolute Gasteiger partial charge is 0.257 e. The molecule has 6 nitrogen and oxygen atoms in total. The van der Waals surface area contributed by atoms with Crippen molar-refractivity contribution in [3.8, 4) is 0 Å². The van der Waals surface area contributed by atoms with Crippen molar-refractivity contribution in [3.63, 3.8) is 0 Å². The highest BCUT2D eigenvalue weighted by Crippen LogP contribution is 1.91. The topological polar surface area (TPSA) is 91.1 Å². The van der Waals surface area contributed by atoms with Crippen molar-refractivity contribution in [1.82, 2.24) is 15.6 Å². The van der Waals surface area contributed by atoms with E-state index in [1.807, 2.05) is 0 Å². The summed E-state index contributed by atoms with van der Waals surface area (Å²) in [5.41, 5.74) is 0.299. The number of hydrogen-bond donors (Lipinski definition) is 3. The van der Waals surface area contributed by atoms with E-state index in [0.717, 1.165) is 0 Å². The number of carbonyl (C=O) groups is 2. The van der Waals surface area contributed by atoms with Crippen LogP contribution in [0, 0.1) is 6.92 Å². The van der Waals surface area contributed by atoms with Crippen LogP contribution in [0.1, 0.15) is 16.1 Å². The zero-order valence-electron chi connectivity index (χ0n) is 9.09. The Balaban J connectivity index is 2.74. The van der Waals surface area contributed by atoms with E-state index in [9.17, 15) is 14.4 Å². The lowest BCUT2D eigenvalue weighted by atomic mass is 10.2. The third-order valence-corrected chi connectivity index (χ3v) is 1.99. The molecule has 1 rings (SSSR count). The first kappa shape index (κ1) is 12.0. The maximum atomic E-state index is 11.5. The number of nitrogens with one attached hydrogen (secondary N) is 3. The molecular weight excluding hydrogens is 210 g/mol. The lowest BCUT2D eigenvalue weighted by molar-refractivity contribution is -0.119. The average Bonchev–Trinajstić information content (AvgIpc) is 2.25. The number of H-pyrrole nitrogens is 1. The van der Waals surface area contributed by atoms with E-state index in [4.69, 9.17) is 0 Å². The SMILES string of the molecule is CNC(=O)CNC(=O)c1c[nH]c(C)cc1=O. The van der Waals surface area contributed by atoms with Crippen LogP contribution in [0.3, 0.4) is 0 Å². The molecule has 1 heterocycles. The molecule has 0 atom stereocenters. The Labute approximate surface area is 92.1 Å². The van der Waals surface area contributed by atoms with Crippen LogP contribution in [0.15, 0.2) is 17.1 Å². The minimum Gasteiger partial charge on any atom is -0.364 e. The quantitative estimate of drug-likeness (QED) is 0.624. The Kier molecular flexibility index (Phi) is 3.82. The first-order chi connectivity index (χ1) is 7.54. The van der Waals surface area contributed by atoms with Gasteiger partial charge in [-0.25, -0.2) is 0 Å². The molecule has 0 aliphatic heterocycles.